The lowest BCUT2D eigenvalue weighted by Crippen LogP contribution is -2.23. The number of carbonyl (C=O) groups is 1. The van der Waals surface area contributed by atoms with Crippen LogP contribution in [0.25, 0.3) is 0 Å². The predicted molar refractivity (Wildman–Crippen MR) is 105 cm³/mol. The molecule has 1 aromatic heterocycles. The number of halogens is 3. The van der Waals surface area contributed by atoms with E-state index in [4.69, 9.17) is 9.88 Å². The molecule has 0 spiro atoms. The fourth-order valence-electron chi connectivity index (χ4n) is 4.55. The smallest absolute Gasteiger partial charge is 0.354 e. The van der Waals surface area contributed by atoms with Crippen LogP contribution in [0.5, 0.6) is 5.88 Å². The Balaban J connectivity index is 1.51. The van der Waals surface area contributed by atoms with Gasteiger partial charge in [0.2, 0.25) is 5.88 Å². The predicted octanol–water partition coefficient (Wildman–Crippen LogP) is 3.26. The molecule has 2 aromatic rings. The van der Waals surface area contributed by atoms with Crippen molar-refractivity contribution in [2.75, 3.05) is 11.9 Å². The van der Waals surface area contributed by atoms with Crippen molar-refractivity contribution in [1.29, 1.82) is 0 Å². The zero-order valence-electron chi connectivity index (χ0n) is 16.4. The Hall–Kier alpha value is -2.60. The van der Waals surface area contributed by atoms with E-state index in [1.807, 2.05) is 0 Å². The number of nitrogens with zero attached hydrogens (tertiary/aromatic N) is 3. The number of nitrogens with one attached hydrogen (secondary N) is 1. The van der Waals surface area contributed by atoms with Crippen molar-refractivity contribution in [2.45, 2.75) is 56.5 Å². The summed E-state index contributed by atoms with van der Waals surface area (Å²) in [4.78, 5) is 12.6. The van der Waals surface area contributed by atoms with Crippen LogP contribution in [-0.4, -0.2) is 26.6 Å². The van der Waals surface area contributed by atoms with Gasteiger partial charge in [0.15, 0.2) is 14.9 Å². The molecule has 31 heavy (non-hydrogen) atoms. The van der Waals surface area contributed by atoms with Crippen LogP contribution in [0.1, 0.15) is 47.2 Å². The molecule has 12 heteroatoms. The van der Waals surface area contributed by atoms with Crippen LogP contribution in [0.4, 0.5) is 23.7 Å². The lowest BCUT2D eigenvalue weighted by molar-refractivity contribution is 0.0432. The van der Waals surface area contributed by atoms with E-state index in [1.54, 1.807) is 0 Å². The zero-order valence-corrected chi connectivity index (χ0v) is 17.2. The molecule has 0 bridgehead atoms. The van der Waals surface area contributed by atoms with Gasteiger partial charge in [-0.15, -0.1) is 4.36 Å². The normalized spacial score (nSPS) is 18.4. The Morgan fingerprint density at radius 1 is 1.10 bits per heavy atom. The van der Waals surface area contributed by atoms with Gasteiger partial charge in [0.25, 0.3) is 0 Å². The zero-order chi connectivity index (χ0) is 21.9. The van der Waals surface area contributed by atoms with E-state index in [-0.39, 0.29) is 35.3 Å². The number of fused-ring (bicyclic) bond motifs is 3. The third-order valence-electron chi connectivity index (χ3n) is 5.99. The molecular formula is C19H20F3N5O3S. The molecule has 0 fully saturated rings. The van der Waals surface area contributed by atoms with E-state index in [9.17, 15) is 22.2 Å². The van der Waals surface area contributed by atoms with Gasteiger partial charge in [0, 0.05) is 5.69 Å². The van der Waals surface area contributed by atoms with Gasteiger partial charge in [-0.1, -0.05) is 0 Å². The van der Waals surface area contributed by atoms with E-state index in [0.717, 1.165) is 17.5 Å². The number of amides is 2. The number of carbonyl (C=O) groups excluding carboxylic acids is 1. The second-order valence-corrected chi connectivity index (χ2v) is 9.52. The molecule has 1 atom stereocenters. The van der Waals surface area contributed by atoms with Crippen LogP contribution in [0.15, 0.2) is 9.39 Å². The van der Waals surface area contributed by atoms with E-state index in [2.05, 4.69) is 14.8 Å². The number of urea groups is 1. The first kappa shape index (κ1) is 20.3. The molecule has 1 aliphatic heterocycles. The summed E-state index contributed by atoms with van der Waals surface area (Å²) in [5.41, 5.74) is 3.31. The van der Waals surface area contributed by atoms with Crippen molar-refractivity contribution < 1.29 is 26.9 Å². The van der Waals surface area contributed by atoms with E-state index in [1.165, 1.54) is 0 Å². The lowest BCUT2D eigenvalue weighted by atomic mass is 9.83. The minimum absolute atomic E-state index is 0.169. The van der Waals surface area contributed by atoms with Crippen LogP contribution >= 0.6 is 0 Å². The fourth-order valence-corrected chi connectivity index (χ4v) is 5.68. The number of aromatic nitrogens is 2. The van der Waals surface area contributed by atoms with Crippen LogP contribution < -0.4 is 15.2 Å². The average Bonchev–Trinajstić information content (AvgIpc) is 3.31. The largest absolute Gasteiger partial charge is 0.477 e. The minimum atomic E-state index is -3.92. The van der Waals surface area contributed by atoms with Gasteiger partial charge >= 0.3 is 12.6 Å². The highest BCUT2D eigenvalue weighted by Gasteiger charge is 2.33. The molecule has 0 saturated heterocycles. The maximum atomic E-state index is 14.6. The van der Waals surface area contributed by atoms with Gasteiger partial charge in [0.05, 0.1) is 12.2 Å². The molecule has 166 valence electrons. The first-order valence-corrected chi connectivity index (χ1v) is 11.6. The summed E-state index contributed by atoms with van der Waals surface area (Å²) in [6.45, 7) is -2.81. The molecule has 1 unspecified atom stereocenters. The van der Waals surface area contributed by atoms with Gasteiger partial charge in [-0.2, -0.15) is 18.6 Å². The molecule has 1 aromatic carbocycles. The summed E-state index contributed by atoms with van der Waals surface area (Å²) in [5.74, 6) is -0.404. The van der Waals surface area contributed by atoms with Crippen molar-refractivity contribution in [2.24, 2.45) is 9.50 Å². The summed E-state index contributed by atoms with van der Waals surface area (Å²) in [7, 11) is -3.92. The topological polar surface area (TPSA) is 112 Å². The van der Waals surface area contributed by atoms with Gasteiger partial charge in [-0.3, -0.25) is 0 Å². The molecule has 3 aliphatic rings. The van der Waals surface area contributed by atoms with Crippen molar-refractivity contribution in [3.8, 4) is 5.88 Å². The average molecular weight is 455 g/mol. The van der Waals surface area contributed by atoms with Crippen LogP contribution in [0.2, 0.25) is 0 Å². The van der Waals surface area contributed by atoms with Gasteiger partial charge in [-0.05, 0) is 67.2 Å². The van der Waals surface area contributed by atoms with Crippen LogP contribution in [0, 0.1) is 5.82 Å². The standard InChI is InChI=1S/C19H20F3N5O3S/c20-14-9-3-1-4-11(9)15(12-7-6-10(12)14)24-19(28)26-31(23,29)16-13-5-2-8-30-17(13)27(25-16)18(21)22/h18H,1-8H2,(H3,23,24,26,28,29). The maximum Gasteiger partial charge on any atom is 0.354 e. The molecule has 0 radical (unpaired) electrons. The first-order valence-electron chi connectivity index (χ1n) is 10.0. The summed E-state index contributed by atoms with van der Waals surface area (Å²) in [6, 6.07) is -0.987. The number of nitrogens with two attached hydrogens (primary N) is 1. The molecule has 2 amide bonds. The van der Waals surface area contributed by atoms with Crippen molar-refractivity contribution >= 4 is 21.6 Å². The Labute approximate surface area is 176 Å². The molecule has 8 nitrogen and oxygen atoms in total. The Kier molecular flexibility index (Phi) is 4.74. The number of hydrogen-bond acceptors (Lipinski definition) is 4. The summed E-state index contributed by atoms with van der Waals surface area (Å²) in [5, 5.41) is 11.7. The molecular weight excluding hydrogens is 435 g/mol. The number of benzene rings is 1. The number of anilines is 1. The Morgan fingerprint density at radius 2 is 1.74 bits per heavy atom. The highest BCUT2D eigenvalue weighted by atomic mass is 32.2. The SMILES string of the molecule is NS(=O)(=NC(=O)Nc1c2c(c(F)c3c1CC3)CCC2)c1nn(C(F)F)c2c1CCCO2. The highest BCUT2D eigenvalue weighted by molar-refractivity contribution is 7.91. The Bertz CT molecular complexity index is 1230. The van der Waals surface area contributed by atoms with Gasteiger partial charge in [-0.25, -0.2) is 18.5 Å². The minimum Gasteiger partial charge on any atom is -0.477 e. The van der Waals surface area contributed by atoms with Gasteiger partial charge < -0.3 is 10.1 Å². The maximum absolute atomic E-state index is 14.6. The quantitative estimate of drug-likeness (QED) is 0.740. The van der Waals surface area contributed by atoms with Gasteiger partial charge in [0.1, 0.15) is 5.82 Å². The molecule has 2 heterocycles. The number of rotatable bonds is 3. The third-order valence-corrected chi connectivity index (χ3v) is 7.30. The summed E-state index contributed by atoms with van der Waals surface area (Å²) >= 11 is 0. The number of alkyl halides is 2. The first-order chi connectivity index (χ1) is 14.8. The molecule has 0 saturated carbocycles. The number of hydrogen-bond donors (Lipinski definition) is 2. The second kappa shape index (κ2) is 7.23. The summed E-state index contributed by atoms with van der Waals surface area (Å²) in [6.07, 6.45) is 4.00. The second-order valence-electron chi connectivity index (χ2n) is 7.81. The highest BCUT2D eigenvalue weighted by Crippen LogP contribution is 2.42. The number of ether oxygens (including phenoxy) is 1. The molecule has 2 aliphatic carbocycles. The van der Waals surface area contributed by atoms with E-state index >= 15 is 0 Å². The molecule has 3 N–H and O–H groups in total. The van der Waals surface area contributed by atoms with E-state index in [0.29, 0.717) is 53.6 Å². The monoisotopic (exact) mass is 455 g/mol. The van der Waals surface area contributed by atoms with Crippen molar-refractivity contribution in [1.82, 2.24) is 9.78 Å². The van der Waals surface area contributed by atoms with Crippen LogP contribution in [0.3, 0.4) is 0 Å². The van der Waals surface area contributed by atoms with Crippen molar-refractivity contribution in [3.63, 3.8) is 0 Å². The van der Waals surface area contributed by atoms with Crippen molar-refractivity contribution in [3.05, 3.63) is 33.6 Å². The Morgan fingerprint density at radius 3 is 2.45 bits per heavy atom. The fraction of sp³-hybridized carbons (Fsp3) is 0.474. The van der Waals surface area contributed by atoms with Crippen LogP contribution in [-0.2, 0) is 42.0 Å². The summed E-state index contributed by atoms with van der Waals surface area (Å²) < 4.78 is 63.4. The van der Waals surface area contributed by atoms with E-state index < -0.39 is 22.5 Å². The molecule has 5 rings (SSSR count). The third kappa shape index (κ3) is 3.19. The lowest BCUT2D eigenvalue weighted by Gasteiger charge is -2.26.